The molecule has 1 aromatic carbocycles. The van der Waals surface area contributed by atoms with Crippen LogP contribution in [0, 0.1) is 0 Å². The molecule has 0 saturated carbocycles. The van der Waals surface area contributed by atoms with Gasteiger partial charge in [-0.15, -0.1) is 0 Å². The molecule has 21 heavy (non-hydrogen) atoms. The van der Waals surface area contributed by atoms with Crippen LogP contribution in [-0.2, 0) is 0 Å². The van der Waals surface area contributed by atoms with Gasteiger partial charge in [0.25, 0.3) is 5.91 Å². The maximum absolute atomic E-state index is 12.3. The quantitative estimate of drug-likeness (QED) is 0.521. The summed E-state index contributed by atoms with van der Waals surface area (Å²) >= 11 is 3.51. The van der Waals surface area contributed by atoms with Gasteiger partial charge in [-0.05, 0) is 43.5 Å². The number of carbonyl (C=O) groups excluding carboxylic acids is 1. The summed E-state index contributed by atoms with van der Waals surface area (Å²) in [6.45, 7) is 7.04. The first-order valence-corrected chi connectivity index (χ1v) is 8.84. The molecular weight excluding hydrogens is 330 g/mol. The highest BCUT2D eigenvalue weighted by molar-refractivity contribution is 9.09. The molecule has 0 bridgehead atoms. The molecule has 0 fully saturated rings. The molecule has 0 aliphatic rings. The van der Waals surface area contributed by atoms with E-state index in [9.17, 15) is 4.79 Å². The lowest BCUT2D eigenvalue weighted by molar-refractivity contribution is 0.0903. The molecule has 118 valence electrons. The van der Waals surface area contributed by atoms with Gasteiger partial charge >= 0.3 is 0 Å². The predicted molar refractivity (Wildman–Crippen MR) is 91.4 cm³/mol. The Balaban J connectivity index is 2.66. The van der Waals surface area contributed by atoms with E-state index < -0.39 is 0 Å². The number of unbranched alkanes of at least 4 members (excludes halogenated alkanes) is 1. The van der Waals surface area contributed by atoms with E-state index in [1.807, 2.05) is 24.3 Å². The SMILES string of the molecule is CCCCOc1ccc(C(=O)NC(CC)(CC)CBr)cc1. The van der Waals surface area contributed by atoms with Gasteiger partial charge in [0.2, 0.25) is 0 Å². The zero-order valence-corrected chi connectivity index (χ0v) is 14.8. The normalized spacial score (nSPS) is 11.2. The number of rotatable bonds is 9. The first-order valence-electron chi connectivity index (χ1n) is 7.72. The zero-order valence-electron chi connectivity index (χ0n) is 13.2. The number of benzene rings is 1. The van der Waals surface area contributed by atoms with Crippen molar-refractivity contribution < 1.29 is 9.53 Å². The van der Waals surface area contributed by atoms with Crippen molar-refractivity contribution in [3.05, 3.63) is 29.8 Å². The third kappa shape index (κ3) is 5.34. The van der Waals surface area contributed by atoms with Crippen molar-refractivity contribution in [1.29, 1.82) is 0 Å². The van der Waals surface area contributed by atoms with Gasteiger partial charge in [-0.25, -0.2) is 0 Å². The number of carbonyl (C=O) groups is 1. The molecule has 0 heterocycles. The Morgan fingerprint density at radius 3 is 2.29 bits per heavy atom. The molecule has 0 aliphatic carbocycles. The molecule has 0 spiro atoms. The first-order chi connectivity index (χ1) is 10.1. The number of ether oxygens (including phenoxy) is 1. The fraction of sp³-hybridized carbons (Fsp3) is 0.588. The monoisotopic (exact) mass is 355 g/mol. The summed E-state index contributed by atoms with van der Waals surface area (Å²) in [5.41, 5.74) is 0.498. The molecule has 1 rings (SSSR count). The highest BCUT2D eigenvalue weighted by Gasteiger charge is 2.27. The number of alkyl halides is 1. The largest absolute Gasteiger partial charge is 0.494 e. The average molecular weight is 356 g/mol. The van der Waals surface area contributed by atoms with Crippen molar-refractivity contribution >= 4 is 21.8 Å². The van der Waals surface area contributed by atoms with Crippen LogP contribution in [0.15, 0.2) is 24.3 Å². The number of amides is 1. The van der Waals surface area contributed by atoms with Crippen molar-refractivity contribution in [1.82, 2.24) is 5.32 Å². The lowest BCUT2D eigenvalue weighted by atomic mass is 9.95. The smallest absolute Gasteiger partial charge is 0.251 e. The molecule has 0 atom stereocenters. The van der Waals surface area contributed by atoms with Crippen LogP contribution < -0.4 is 10.1 Å². The van der Waals surface area contributed by atoms with Crippen LogP contribution in [-0.4, -0.2) is 23.4 Å². The van der Waals surface area contributed by atoms with Crippen LogP contribution in [0.2, 0.25) is 0 Å². The first kappa shape index (κ1) is 18.0. The van der Waals surface area contributed by atoms with Crippen LogP contribution >= 0.6 is 15.9 Å². The Hall–Kier alpha value is -1.03. The van der Waals surface area contributed by atoms with Crippen molar-refractivity contribution in [2.45, 2.75) is 52.0 Å². The molecule has 1 aromatic rings. The molecule has 0 radical (unpaired) electrons. The van der Waals surface area contributed by atoms with Crippen molar-refractivity contribution in [2.24, 2.45) is 0 Å². The Morgan fingerprint density at radius 1 is 1.19 bits per heavy atom. The van der Waals surface area contributed by atoms with Gasteiger partial charge in [-0.3, -0.25) is 4.79 Å². The second-order valence-electron chi connectivity index (χ2n) is 5.30. The van der Waals surface area contributed by atoms with Crippen molar-refractivity contribution in [2.75, 3.05) is 11.9 Å². The average Bonchev–Trinajstić information content (AvgIpc) is 2.53. The highest BCUT2D eigenvalue weighted by atomic mass is 79.9. The second kappa shape index (κ2) is 9.08. The Morgan fingerprint density at radius 2 is 1.81 bits per heavy atom. The van der Waals surface area contributed by atoms with Gasteiger partial charge in [0, 0.05) is 16.4 Å². The van der Waals surface area contributed by atoms with E-state index in [0.717, 1.165) is 43.4 Å². The predicted octanol–water partition coefficient (Wildman–Crippen LogP) is 4.55. The number of halogens is 1. The molecular formula is C17H26BrNO2. The zero-order chi connectivity index (χ0) is 15.7. The van der Waals surface area contributed by atoms with Gasteiger partial charge in [-0.1, -0.05) is 43.1 Å². The lowest BCUT2D eigenvalue weighted by Crippen LogP contribution is -2.49. The topological polar surface area (TPSA) is 38.3 Å². The van der Waals surface area contributed by atoms with Crippen molar-refractivity contribution in [3.63, 3.8) is 0 Å². The minimum absolute atomic E-state index is 0.0294. The summed E-state index contributed by atoms with van der Waals surface area (Å²) in [5.74, 6) is 0.788. The molecule has 0 unspecified atom stereocenters. The third-order valence-electron chi connectivity index (χ3n) is 3.87. The van der Waals surface area contributed by atoms with Gasteiger partial charge in [0.15, 0.2) is 0 Å². The summed E-state index contributed by atoms with van der Waals surface area (Å²) in [5, 5.41) is 3.90. The maximum Gasteiger partial charge on any atom is 0.251 e. The van der Waals surface area contributed by atoms with E-state index in [1.54, 1.807) is 0 Å². The summed E-state index contributed by atoms with van der Waals surface area (Å²) in [6.07, 6.45) is 3.96. The Kier molecular flexibility index (Phi) is 7.79. The van der Waals surface area contributed by atoms with Crippen LogP contribution in [0.25, 0.3) is 0 Å². The number of nitrogens with one attached hydrogen (secondary N) is 1. The summed E-state index contributed by atoms with van der Waals surface area (Å²) in [4.78, 5) is 12.3. The minimum atomic E-state index is -0.173. The minimum Gasteiger partial charge on any atom is -0.494 e. The standard InChI is InChI=1S/C17H26BrNO2/c1-4-7-12-21-15-10-8-14(9-11-15)16(20)19-17(5-2,6-3)13-18/h8-11H,4-7,12-13H2,1-3H3,(H,19,20). The molecule has 4 heteroatoms. The summed E-state index contributed by atoms with van der Waals surface area (Å²) in [6, 6.07) is 7.36. The molecule has 3 nitrogen and oxygen atoms in total. The van der Waals surface area contributed by atoms with Gasteiger partial charge < -0.3 is 10.1 Å². The fourth-order valence-electron chi connectivity index (χ4n) is 2.00. The Bertz CT molecular complexity index is 419. The van der Waals surface area contributed by atoms with E-state index >= 15 is 0 Å². The van der Waals surface area contributed by atoms with Crippen LogP contribution in [0.1, 0.15) is 56.8 Å². The van der Waals surface area contributed by atoms with Gasteiger partial charge in [-0.2, -0.15) is 0 Å². The molecule has 0 aromatic heterocycles. The molecule has 0 aliphatic heterocycles. The summed E-state index contributed by atoms with van der Waals surface area (Å²) in [7, 11) is 0. The van der Waals surface area contributed by atoms with E-state index in [1.165, 1.54) is 0 Å². The molecule has 1 amide bonds. The number of hydrogen-bond acceptors (Lipinski definition) is 2. The molecule has 0 saturated heterocycles. The van der Waals surface area contributed by atoms with Crippen LogP contribution in [0.3, 0.4) is 0 Å². The highest BCUT2D eigenvalue weighted by Crippen LogP contribution is 2.19. The van der Waals surface area contributed by atoms with Gasteiger partial charge in [0.05, 0.1) is 6.61 Å². The maximum atomic E-state index is 12.3. The fourth-order valence-corrected chi connectivity index (χ4v) is 2.93. The van der Waals surface area contributed by atoms with E-state index in [4.69, 9.17) is 4.74 Å². The van der Waals surface area contributed by atoms with Crippen LogP contribution in [0.4, 0.5) is 0 Å². The third-order valence-corrected chi connectivity index (χ3v) is 4.94. The second-order valence-corrected chi connectivity index (χ2v) is 5.86. The van der Waals surface area contributed by atoms with E-state index in [2.05, 4.69) is 42.0 Å². The molecule has 1 N–H and O–H groups in total. The van der Waals surface area contributed by atoms with Crippen molar-refractivity contribution in [3.8, 4) is 5.75 Å². The Labute approximate surface area is 136 Å². The lowest BCUT2D eigenvalue weighted by Gasteiger charge is -2.30. The number of hydrogen-bond donors (Lipinski definition) is 1. The van der Waals surface area contributed by atoms with Crippen LogP contribution in [0.5, 0.6) is 5.75 Å². The summed E-state index contributed by atoms with van der Waals surface area (Å²) < 4.78 is 5.61. The van der Waals surface area contributed by atoms with E-state index in [-0.39, 0.29) is 11.4 Å². The van der Waals surface area contributed by atoms with E-state index in [0.29, 0.717) is 5.56 Å². The van der Waals surface area contributed by atoms with Gasteiger partial charge in [0.1, 0.15) is 5.75 Å².